The number of nitrogens with zero attached hydrogens (tertiary/aromatic N) is 3. The van der Waals surface area contributed by atoms with E-state index in [4.69, 9.17) is 26.6 Å². The maximum Gasteiger partial charge on any atom is 0.166 e. The standard InChI is InChI=1S/C37H31ClN4/c1-37(2,3)28-22-31(25-14-7-4-8-15-25)33(39-30-21-13-20-29(38)24-30)32(23-28)36-41-34(26-16-9-5-10-17-26)40-35(42-36)27-18-11-6-12-19-27/h4-24,39H,1-3H3. The minimum absolute atomic E-state index is 0.121. The number of benzene rings is 5. The minimum atomic E-state index is -0.121. The van der Waals surface area contributed by atoms with Gasteiger partial charge in [0.15, 0.2) is 17.5 Å². The van der Waals surface area contributed by atoms with Crippen molar-refractivity contribution in [3.05, 3.63) is 138 Å². The Morgan fingerprint density at radius 3 is 1.55 bits per heavy atom. The molecule has 4 nitrogen and oxygen atoms in total. The molecule has 0 radical (unpaired) electrons. The van der Waals surface area contributed by atoms with Crippen LogP contribution >= 0.6 is 11.6 Å². The zero-order chi connectivity index (χ0) is 29.1. The number of nitrogens with one attached hydrogen (secondary N) is 1. The predicted molar refractivity (Wildman–Crippen MR) is 175 cm³/mol. The van der Waals surface area contributed by atoms with Crippen molar-refractivity contribution in [2.45, 2.75) is 26.2 Å². The fourth-order valence-corrected chi connectivity index (χ4v) is 5.06. The molecule has 0 spiro atoms. The highest BCUT2D eigenvalue weighted by atomic mass is 35.5. The molecule has 0 unspecified atom stereocenters. The lowest BCUT2D eigenvalue weighted by Gasteiger charge is -2.25. The van der Waals surface area contributed by atoms with Gasteiger partial charge in [0, 0.05) is 33.0 Å². The van der Waals surface area contributed by atoms with Crippen LogP contribution in [0, 0.1) is 0 Å². The smallest absolute Gasteiger partial charge is 0.166 e. The summed E-state index contributed by atoms with van der Waals surface area (Å²) in [6, 6.07) is 42.8. The summed E-state index contributed by atoms with van der Waals surface area (Å²) in [5.41, 5.74) is 7.73. The molecule has 0 atom stereocenters. The molecule has 0 bridgehead atoms. The molecule has 0 aliphatic carbocycles. The molecule has 42 heavy (non-hydrogen) atoms. The van der Waals surface area contributed by atoms with Crippen LogP contribution in [0.5, 0.6) is 0 Å². The molecule has 1 heterocycles. The molecular formula is C37H31ClN4. The molecule has 5 heteroatoms. The van der Waals surface area contributed by atoms with Crippen molar-refractivity contribution < 1.29 is 0 Å². The van der Waals surface area contributed by atoms with Crippen molar-refractivity contribution in [3.8, 4) is 45.3 Å². The fourth-order valence-electron chi connectivity index (χ4n) is 4.87. The van der Waals surface area contributed by atoms with E-state index in [-0.39, 0.29) is 5.41 Å². The first kappa shape index (κ1) is 27.4. The summed E-state index contributed by atoms with van der Waals surface area (Å²) in [6.45, 7) is 6.68. The highest BCUT2D eigenvalue weighted by molar-refractivity contribution is 6.30. The molecule has 0 aliphatic rings. The van der Waals surface area contributed by atoms with E-state index in [9.17, 15) is 0 Å². The molecule has 206 valence electrons. The average molecular weight is 567 g/mol. The van der Waals surface area contributed by atoms with Crippen LogP contribution in [0.25, 0.3) is 45.3 Å². The van der Waals surface area contributed by atoms with Gasteiger partial charge < -0.3 is 5.32 Å². The van der Waals surface area contributed by atoms with Gasteiger partial charge in [-0.3, -0.25) is 0 Å². The Balaban J connectivity index is 1.67. The van der Waals surface area contributed by atoms with Gasteiger partial charge in [-0.25, -0.2) is 15.0 Å². The van der Waals surface area contributed by atoms with E-state index >= 15 is 0 Å². The average Bonchev–Trinajstić information content (AvgIpc) is 3.01. The second-order valence-corrected chi connectivity index (χ2v) is 11.7. The third-order valence-corrected chi connectivity index (χ3v) is 7.36. The third kappa shape index (κ3) is 5.95. The zero-order valence-electron chi connectivity index (χ0n) is 23.8. The number of hydrogen-bond donors (Lipinski definition) is 1. The fraction of sp³-hybridized carbons (Fsp3) is 0.108. The van der Waals surface area contributed by atoms with E-state index in [0.29, 0.717) is 22.5 Å². The van der Waals surface area contributed by atoms with Gasteiger partial charge >= 0.3 is 0 Å². The van der Waals surface area contributed by atoms with Gasteiger partial charge in [0.1, 0.15) is 0 Å². The largest absolute Gasteiger partial charge is 0.354 e. The lowest BCUT2D eigenvalue weighted by atomic mass is 9.83. The Hall–Kier alpha value is -4.80. The quantitative estimate of drug-likeness (QED) is 0.218. The lowest BCUT2D eigenvalue weighted by molar-refractivity contribution is 0.591. The first-order chi connectivity index (χ1) is 20.3. The van der Waals surface area contributed by atoms with Crippen molar-refractivity contribution in [1.82, 2.24) is 15.0 Å². The molecule has 1 aromatic heterocycles. The first-order valence-electron chi connectivity index (χ1n) is 14.0. The monoisotopic (exact) mass is 566 g/mol. The summed E-state index contributed by atoms with van der Waals surface area (Å²) in [5, 5.41) is 4.35. The number of halogens is 1. The Labute approximate surface area is 252 Å². The van der Waals surface area contributed by atoms with Crippen molar-refractivity contribution in [2.24, 2.45) is 0 Å². The van der Waals surface area contributed by atoms with Gasteiger partial charge in [0.25, 0.3) is 0 Å². The van der Waals surface area contributed by atoms with Crippen LogP contribution in [0.2, 0.25) is 5.02 Å². The molecule has 0 saturated heterocycles. The van der Waals surface area contributed by atoms with E-state index in [1.165, 1.54) is 5.56 Å². The summed E-state index contributed by atoms with van der Waals surface area (Å²) >= 11 is 6.41. The first-order valence-corrected chi connectivity index (χ1v) is 14.4. The molecule has 1 N–H and O–H groups in total. The van der Waals surface area contributed by atoms with Gasteiger partial charge in [-0.15, -0.1) is 0 Å². The van der Waals surface area contributed by atoms with Crippen LogP contribution in [0.4, 0.5) is 11.4 Å². The Morgan fingerprint density at radius 2 is 1.02 bits per heavy atom. The van der Waals surface area contributed by atoms with E-state index < -0.39 is 0 Å². The molecular weight excluding hydrogens is 536 g/mol. The number of rotatable bonds is 6. The van der Waals surface area contributed by atoms with Crippen molar-refractivity contribution in [1.29, 1.82) is 0 Å². The summed E-state index contributed by atoms with van der Waals surface area (Å²) in [7, 11) is 0. The van der Waals surface area contributed by atoms with Crippen LogP contribution in [-0.4, -0.2) is 15.0 Å². The van der Waals surface area contributed by atoms with Crippen LogP contribution in [0.1, 0.15) is 26.3 Å². The second kappa shape index (κ2) is 11.6. The van der Waals surface area contributed by atoms with E-state index in [2.05, 4.69) is 62.5 Å². The van der Waals surface area contributed by atoms with E-state index in [1.54, 1.807) is 0 Å². The second-order valence-electron chi connectivity index (χ2n) is 11.2. The maximum atomic E-state index is 6.41. The number of aromatic nitrogens is 3. The Kier molecular flexibility index (Phi) is 7.56. The predicted octanol–water partition coefficient (Wildman–Crippen LogP) is 10.2. The summed E-state index contributed by atoms with van der Waals surface area (Å²) in [4.78, 5) is 15.1. The van der Waals surface area contributed by atoms with Crippen LogP contribution in [-0.2, 0) is 5.41 Å². The molecule has 5 aromatic carbocycles. The Bertz CT molecular complexity index is 1770. The lowest BCUT2D eigenvalue weighted by Crippen LogP contribution is -2.13. The van der Waals surface area contributed by atoms with Crippen molar-refractivity contribution in [2.75, 3.05) is 5.32 Å². The maximum absolute atomic E-state index is 6.41. The van der Waals surface area contributed by atoms with Crippen LogP contribution < -0.4 is 5.32 Å². The topological polar surface area (TPSA) is 50.7 Å². The highest BCUT2D eigenvalue weighted by Gasteiger charge is 2.23. The number of hydrogen-bond acceptors (Lipinski definition) is 4. The van der Waals surface area contributed by atoms with Gasteiger partial charge in [-0.1, -0.05) is 129 Å². The Morgan fingerprint density at radius 1 is 0.524 bits per heavy atom. The van der Waals surface area contributed by atoms with Crippen molar-refractivity contribution in [3.63, 3.8) is 0 Å². The molecule has 6 aromatic rings. The molecule has 6 rings (SSSR count). The SMILES string of the molecule is CC(C)(C)c1cc(-c2ccccc2)c(Nc2cccc(Cl)c2)c(-c2nc(-c3ccccc3)nc(-c3ccccc3)n2)c1. The van der Waals surface area contributed by atoms with Gasteiger partial charge in [0.2, 0.25) is 0 Å². The van der Waals surface area contributed by atoms with E-state index in [1.807, 2.05) is 91.0 Å². The highest BCUT2D eigenvalue weighted by Crippen LogP contribution is 2.42. The summed E-state index contributed by atoms with van der Waals surface area (Å²) in [6.07, 6.45) is 0. The summed E-state index contributed by atoms with van der Waals surface area (Å²) < 4.78 is 0. The van der Waals surface area contributed by atoms with Gasteiger partial charge in [-0.05, 0) is 46.9 Å². The normalized spacial score (nSPS) is 11.3. The molecule has 0 fully saturated rings. The minimum Gasteiger partial charge on any atom is -0.354 e. The van der Waals surface area contributed by atoms with Crippen LogP contribution in [0.15, 0.2) is 127 Å². The van der Waals surface area contributed by atoms with Crippen LogP contribution in [0.3, 0.4) is 0 Å². The zero-order valence-corrected chi connectivity index (χ0v) is 24.6. The van der Waals surface area contributed by atoms with Gasteiger partial charge in [0.05, 0.1) is 5.69 Å². The molecule has 0 amide bonds. The molecule has 0 aliphatic heterocycles. The van der Waals surface area contributed by atoms with Gasteiger partial charge in [-0.2, -0.15) is 0 Å². The number of anilines is 2. The van der Waals surface area contributed by atoms with E-state index in [0.717, 1.165) is 39.2 Å². The third-order valence-electron chi connectivity index (χ3n) is 7.12. The van der Waals surface area contributed by atoms with Crippen molar-refractivity contribution >= 4 is 23.0 Å². The molecule has 0 saturated carbocycles. The summed E-state index contributed by atoms with van der Waals surface area (Å²) in [5.74, 6) is 1.83.